The molecule has 0 spiro atoms. The summed E-state index contributed by atoms with van der Waals surface area (Å²) in [5, 5.41) is 22.2. The third-order valence-electron chi connectivity index (χ3n) is 5.59. The van der Waals surface area contributed by atoms with Crippen molar-refractivity contribution < 1.29 is 4.39 Å². The maximum atomic E-state index is 13.4. The molecule has 2 aromatic heterocycles. The molecule has 2 aliphatic rings. The van der Waals surface area contributed by atoms with Crippen LogP contribution in [0.15, 0.2) is 30.5 Å². The van der Waals surface area contributed by atoms with E-state index in [4.69, 9.17) is 5.26 Å². The Morgan fingerprint density at radius 3 is 2.57 bits per heavy atom. The Labute approximate surface area is 163 Å². The van der Waals surface area contributed by atoms with Gasteiger partial charge in [0.25, 0.3) is 0 Å². The Bertz CT molecular complexity index is 948. The highest BCUT2D eigenvalue weighted by molar-refractivity contribution is 5.60. The monoisotopic (exact) mass is 376 g/mol. The molecule has 0 atom stereocenters. The molecule has 28 heavy (non-hydrogen) atoms. The van der Waals surface area contributed by atoms with E-state index in [0.29, 0.717) is 36.1 Å². The van der Waals surface area contributed by atoms with Gasteiger partial charge < -0.3 is 10.2 Å². The maximum absolute atomic E-state index is 13.4. The first-order valence-corrected chi connectivity index (χ1v) is 9.58. The topological polar surface area (TPSA) is 88.6 Å². The van der Waals surface area contributed by atoms with Gasteiger partial charge in [-0.2, -0.15) is 10.5 Å². The first-order chi connectivity index (χ1) is 13.6. The predicted molar refractivity (Wildman–Crippen MR) is 104 cm³/mol. The number of nitriles is 2. The number of hydrogen-bond donors (Lipinski definition) is 1. The Morgan fingerprint density at radius 1 is 1.11 bits per heavy atom. The van der Waals surface area contributed by atoms with Crippen LogP contribution in [0.5, 0.6) is 0 Å². The van der Waals surface area contributed by atoms with Gasteiger partial charge in [-0.15, -0.1) is 0 Å². The molecule has 4 rings (SSSR count). The second kappa shape index (κ2) is 7.44. The minimum atomic E-state index is -0.838. The third kappa shape index (κ3) is 3.48. The lowest BCUT2D eigenvalue weighted by molar-refractivity contribution is 0.273. The highest BCUT2D eigenvalue weighted by atomic mass is 19.1. The van der Waals surface area contributed by atoms with E-state index in [1.54, 1.807) is 18.3 Å². The average Bonchev–Trinajstić information content (AvgIpc) is 2.72. The molecule has 1 N–H and O–H groups in total. The van der Waals surface area contributed by atoms with Crippen LogP contribution in [0, 0.1) is 22.7 Å². The minimum Gasteiger partial charge on any atom is -0.351 e. The van der Waals surface area contributed by atoms with Crippen molar-refractivity contribution in [1.29, 1.82) is 10.5 Å². The lowest BCUT2D eigenvalue weighted by Crippen LogP contribution is -2.49. The van der Waals surface area contributed by atoms with E-state index in [1.807, 2.05) is 17.0 Å². The van der Waals surface area contributed by atoms with E-state index in [9.17, 15) is 9.65 Å². The van der Waals surface area contributed by atoms with Crippen LogP contribution in [0.1, 0.15) is 43.2 Å². The normalized spacial score (nSPS) is 18.6. The number of halogens is 1. The van der Waals surface area contributed by atoms with Gasteiger partial charge in [0, 0.05) is 6.20 Å². The van der Waals surface area contributed by atoms with E-state index < -0.39 is 11.6 Å². The van der Waals surface area contributed by atoms with Crippen molar-refractivity contribution in [3.05, 3.63) is 41.6 Å². The summed E-state index contributed by atoms with van der Waals surface area (Å²) >= 11 is 0. The molecular formula is C21H21FN6. The molecule has 6 nitrogen and oxygen atoms in total. The fourth-order valence-electron chi connectivity index (χ4n) is 3.95. The number of aromatic nitrogens is 2. The number of nitrogens with one attached hydrogen (secondary N) is 1. The highest BCUT2D eigenvalue weighted by Gasteiger charge is 2.36. The highest BCUT2D eigenvalue weighted by Crippen LogP contribution is 2.41. The van der Waals surface area contributed by atoms with Gasteiger partial charge in [-0.05, 0) is 42.7 Å². The molecule has 3 heterocycles. The van der Waals surface area contributed by atoms with Crippen molar-refractivity contribution >= 4 is 17.5 Å². The van der Waals surface area contributed by atoms with E-state index >= 15 is 0 Å². The first kappa shape index (κ1) is 18.2. The second-order valence-corrected chi connectivity index (χ2v) is 7.52. The SMILES string of the molecule is N#Cc1ccnc(Nc2cc(C3(C#N)CCCCC3)cc(N3CC(F)C3)n2)c1. The largest absolute Gasteiger partial charge is 0.351 e. The zero-order valence-corrected chi connectivity index (χ0v) is 15.5. The van der Waals surface area contributed by atoms with Crippen molar-refractivity contribution in [1.82, 2.24) is 9.97 Å². The molecule has 1 aliphatic carbocycles. The van der Waals surface area contributed by atoms with Crippen molar-refractivity contribution in [3.8, 4) is 12.1 Å². The summed E-state index contributed by atoms with van der Waals surface area (Å²) in [4.78, 5) is 10.7. The standard InChI is InChI=1S/C21H21FN6/c22-17-12-28(13-17)20-10-16(21(14-24)5-2-1-3-6-21)9-19(27-20)26-18-8-15(11-23)4-7-25-18/h4,7-10,17H,1-3,5-6,12-13H2,(H,25,26,27). The quantitative estimate of drug-likeness (QED) is 0.868. The lowest BCUT2D eigenvalue weighted by Gasteiger charge is -2.37. The fourth-order valence-corrected chi connectivity index (χ4v) is 3.95. The summed E-state index contributed by atoms with van der Waals surface area (Å²) in [6.45, 7) is 0.634. The summed E-state index contributed by atoms with van der Waals surface area (Å²) < 4.78 is 13.4. The molecule has 142 valence electrons. The molecular weight excluding hydrogens is 355 g/mol. The van der Waals surface area contributed by atoms with Crippen LogP contribution < -0.4 is 10.2 Å². The Balaban J connectivity index is 1.72. The van der Waals surface area contributed by atoms with Crippen LogP contribution >= 0.6 is 0 Å². The van der Waals surface area contributed by atoms with Crippen molar-refractivity contribution in [2.24, 2.45) is 0 Å². The second-order valence-electron chi connectivity index (χ2n) is 7.52. The Kier molecular flexibility index (Phi) is 4.83. The van der Waals surface area contributed by atoms with Crippen LogP contribution in [-0.4, -0.2) is 29.2 Å². The molecule has 1 aliphatic heterocycles. The Morgan fingerprint density at radius 2 is 1.89 bits per heavy atom. The molecule has 0 aromatic carbocycles. The summed E-state index contributed by atoms with van der Waals surface area (Å²) in [6.07, 6.45) is 5.56. The maximum Gasteiger partial charge on any atom is 0.135 e. The van der Waals surface area contributed by atoms with E-state index in [0.717, 1.165) is 37.7 Å². The molecule has 2 fully saturated rings. The number of hydrogen-bond acceptors (Lipinski definition) is 6. The van der Waals surface area contributed by atoms with Gasteiger partial charge in [0.2, 0.25) is 0 Å². The minimum absolute atomic E-state index is 0.317. The van der Waals surface area contributed by atoms with E-state index in [1.165, 1.54) is 0 Å². The van der Waals surface area contributed by atoms with E-state index in [2.05, 4.69) is 27.4 Å². The van der Waals surface area contributed by atoms with Gasteiger partial charge in [-0.3, -0.25) is 0 Å². The number of nitrogens with zero attached hydrogens (tertiary/aromatic N) is 5. The summed E-state index contributed by atoms with van der Waals surface area (Å²) in [7, 11) is 0. The summed E-state index contributed by atoms with van der Waals surface area (Å²) in [5.74, 6) is 1.74. The first-order valence-electron chi connectivity index (χ1n) is 9.58. The van der Waals surface area contributed by atoms with Crippen LogP contribution in [0.25, 0.3) is 0 Å². The number of anilines is 3. The predicted octanol–water partition coefficient (Wildman–Crippen LogP) is 3.98. The van der Waals surface area contributed by atoms with Crippen LogP contribution in [0.3, 0.4) is 0 Å². The van der Waals surface area contributed by atoms with Gasteiger partial charge in [-0.25, -0.2) is 14.4 Å². The van der Waals surface area contributed by atoms with Gasteiger partial charge >= 0.3 is 0 Å². The van der Waals surface area contributed by atoms with E-state index in [-0.39, 0.29) is 0 Å². The molecule has 0 bridgehead atoms. The van der Waals surface area contributed by atoms with Gasteiger partial charge in [0.1, 0.15) is 23.6 Å². The third-order valence-corrected chi connectivity index (χ3v) is 5.59. The zero-order valence-electron chi connectivity index (χ0n) is 15.5. The average molecular weight is 376 g/mol. The zero-order chi connectivity index (χ0) is 19.6. The molecule has 0 unspecified atom stereocenters. The smallest absolute Gasteiger partial charge is 0.135 e. The van der Waals surface area contributed by atoms with Crippen molar-refractivity contribution in [2.45, 2.75) is 43.7 Å². The molecule has 7 heteroatoms. The van der Waals surface area contributed by atoms with Crippen LogP contribution in [-0.2, 0) is 5.41 Å². The van der Waals surface area contributed by atoms with Gasteiger partial charge in [0.05, 0.1) is 36.2 Å². The molecule has 0 radical (unpaired) electrons. The molecule has 1 saturated carbocycles. The molecule has 0 amide bonds. The molecule has 1 saturated heterocycles. The molecule has 2 aromatic rings. The van der Waals surface area contributed by atoms with Crippen LogP contribution in [0.4, 0.5) is 21.8 Å². The van der Waals surface area contributed by atoms with Crippen molar-refractivity contribution in [3.63, 3.8) is 0 Å². The number of pyridine rings is 2. The van der Waals surface area contributed by atoms with Gasteiger partial charge in [0.15, 0.2) is 0 Å². The fraction of sp³-hybridized carbons (Fsp3) is 0.429. The summed E-state index contributed by atoms with van der Waals surface area (Å²) in [6, 6.07) is 11.7. The number of rotatable bonds is 4. The van der Waals surface area contributed by atoms with Crippen molar-refractivity contribution in [2.75, 3.05) is 23.3 Å². The van der Waals surface area contributed by atoms with Crippen LogP contribution in [0.2, 0.25) is 0 Å². The number of alkyl halides is 1. The van der Waals surface area contributed by atoms with Gasteiger partial charge in [-0.1, -0.05) is 19.3 Å². The summed E-state index contributed by atoms with van der Waals surface area (Å²) in [5.41, 5.74) is 0.882. The Hall–Kier alpha value is -3.19. The lowest BCUT2D eigenvalue weighted by atomic mass is 9.70.